The third-order valence-electron chi connectivity index (χ3n) is 5.05. The number of nitrogens with zero attached hydrogens (tertiary/aromatic N) is 3. The monoisotopic (exact) mass is 364 g/mol. The predicted molar refractivity (Wildman–Crippen MR) is 101 cm³/mol. The van der Waals surface area contributed by atoms with E-state index in [4.69, 9.17) is 10.6 Å². The van der Waals surface area contributed by atoms with Gasteiger partial charge in [-0.25, -0.2) is 8.78 Å². The smallest absolute Gasteiger partial charge is 0.244 e. The first kappa shape index (κ1) is 18.8. The van der Waals surface area contributed by atoms with Gasteiger partial charge in [0, 0.05) is 37.2 Å². The van der Waals surface area contributed by atoms with Crippen LogP contribution in [0, 0.1) is 12.8 Å². The van der Waals surface area contributed by atoms with Gasteiger partial charge in [0.05, 0.1) is 18.6 Å². The normalized spacial score (nSPS) is 22.2. The fourth-order valence-corrected chi connectivity index (χ4v) is 3.40. The van der Waals surface area contributed by atoms with Crippen molar-refractivity contribution in [3.8, 4) is 0 Å². The number of aliphatic imine (C=N–C) groups is 1. The maximum atomic E-state index is 12.6. The van der Waals surface area contributed by atoms with Crippen LogP contribution < -0.4 is 10.7 Å². The average molecular weight is 364 g/mol. The molecule has 1 atom stereocenters. The number of hydrogen-bond donors (Lipinski definition) is 1. The number of halogens is 2. The number of benzene rings is 1. The van der Waals surface area contributed by atoms with Crippen molar-refractivity contribution in [2.45, 2.75) is 38.7 Å². The second-order valence-corrected chi connectivity index (χ2v) is 7.00. The Morgan fingerprint density at radius 2 is 2.19 bits per heavy atom. The SMILES string of the molecule is Cc1cc(N2CC(C(F)F)C2)ccc1/C(C=NCC1CCCCO1)=N/N. The number of ether oxygens (including phenoxy) is 1. The summed E-state index contributed by atoms with van der Waals surface area (Å²) in [5.41, 5.74) is 3.45. The van der Waals surface area contributed by atoms with Gasteiger partial charge in [-0.1, -0.05) is 6.07 Å². The van der Waals surface area contributed by atoms with Gasteiger partial charge in [0.2, 0.25) is 6.43 Å². The molecule has 2 saturated heterocycles. The van der Waals surface area contributed by atoms with Gasteiger partial charge in [-0.3, -0.25) is 4.99 Å². The van der Waals surface area contributed by atoms with Gasteiger partial charge in [-0.2, -0.15) is 5.10 Å². The molecule has 0 spiro atoms. The molecule has 26 heavy (non-hydrogen) atoms. The molecule has 0 saturated carbocycles. The van der Waals surface area contributed by atoms with Crippen molar-refractivity contribution in [1.29, 1.82) is 0 Å². The quantitative estimate of drug-likeness (QED) is 0.479. The number of hydrogen-bond acceptors (Lipinski definition) is 5. The minimum atomic E-state index is -2.24. The summed E-state index contributed by atoms with van der Waals surface area (Å²) >= 11 is 0. The second kappa shape index (κ2) is 8.58. The van der Waals surface area contributed by atoms with E-state index in [0.717, 1.165) is 36.3 Å². The van der Waals surface area contributed by atoms with Crippen LogP contribution in [-0.2, 0) is 4.74 Å². The molecule has 0 bridgehead atoms. The van der Waals surface area contributed by atoms with Crippen molar-refractivity contribution in [2.24, 2.45) is 21.9 Å². The Bertz CT molecular complexity index is 666. The van der Waals surface area contributed by atoms with Crippen LogP contribution in [0.1, 0.15) is 30.4 Å². The third kappa shape index (κ3) is 4.38. The molecule has 0 aliphatic carbocycles. The molecular weight excluding hydrogens is 338 g/mol. The van der Waals surface area contributed by atoms with Crippen molar-refractivity contribution in [3.63, 3.8) is 0 Å². The minimum absolute atomic E-state index is 0.177. The highest BCUT2D eigenvalue weighted by Gasteiger charge is 2.34. The van der Waals surface area contributed by atoms with E-state index in [0.29, 0.717) is 25.3 Å². The van der Waals surface area contributed by atoms with Crippen LogP contribution in [-0.4, -0.2) is 50.7 Å². The van der Waals surface area contributed by atoms with Gasteiger partial charge in [0.1, 0.15) is 5.71 Å². The highest BCUT2D eigenvalue weighted by Crippen LogP contribution is 2.29. The summed E-state index contributed by atoms with van der Waals surface area (Å²) in [4.78, 5) is 6.40. The number of nitrogens with two attached hydrogens (primary N) is 1. The maximum Gasteiger partial charge on any atom is 0.244 e. The maximum absolute atomic E-state index is 12.6. The zero-order valence-corrected chi connectivity index (χ0v) is 15.1. The van der Waals surface area contributed by atoms with Gasteiger partial charge in [0.15, 0.2) is 0 Å². The summed E-state index contributed by atoms with van der Waals surface area (Å²) in [6.45, 7) is 4.18. The standard InChI is InChI=1S/C19H26F2N4O/c1-13-8-15(25-11-14(12-25)19(20)21)5-6-17(13)18(24-22)10-23-9-16-4-2-3-7-26-16/h5-6,8,10,14,16,19H,2-4,7,9,11-12,22H2,1H3/b23-10?,24-18+. The zero-order chi connectivity index (χ0) is 18.5. The Kier molecular flexibility index (Phi) is 6.19. The molecule has 1 aromatic rings. The first-order chi connectivity index (χ1) is 12.6. The van der Waals surface area contributed by atoms with Crippen LogP contribution in [0.25, 0.3) is 0 Å². The molecule has 2 aliphatic heterocycles. The first-order valence-corrected chi connectivity index (χ1v) is 9.12. The summed E-state index contributed by atoms with van der Waals surface area (Å²) in [6, 6.07) is 5.84. The summed E-state index contributed by atoms with van der Waals surface area (Å²) in [7, 11) is 0. The van der Waals surface area contributed by atoms with Crippen LogP contribution in [0.2, 0.25) is 0 Å². The lowest BCUT2D eigenvalue weighted by Crippen LogP contribution is -2.50. The molecular formula is C19H26F2N4O. The molecule has 2 N–H and O–H groups in total. The van der Waals surface area contributed by atoms with Gasteiger partial charge < -0.3 is 15.5 Å². The van der Waals surface area contributed by atoms with Crippen molar-refractivity contribution in [3.05, 3.63) is 29.3 Å². The second-order valence-electron chi connectivity index (χ2n) is 7.00. The van der Waals surface area contributed by atoms with Crippen LogP contribution in [0.15, 0.2) is 28.3 Å². The molecule has 5 nitrogen and oxygen atoms in total. The number of anilines is 1. The number of rotatable bonds is 6. The van der Waals surface area contributed by atoms with E-state index >= 15 is 0 Å². The topological polar surface area (TPSA) is 63.2 Å². The van der Waals surface area contributed by atoms with Crippen LogP contribution in [0.4, 0.5) is 14.5 Å². The molecule has 2 heterocycles. The van der Waals surface area contributed by atoms with Gasteiger partial charge >= 0.3 is 0 Å². The van der Waals surface area contributed by atoms with E-state index in [1.165, 1.54) is 6.42 Å². The zero-order valence-electron chi connectivity index (χ0n) is 15.1. The van der Waals surface area contributed by atoms with Crippen molar-refractivity contribution >= 4 is 17.6 Å². The highest BCUT2D eigenvalue weighted by atomic mass is 19.3. The largest absolute Gasteiger partial charge is 0.376 e. The summed E-state index contributed by atoms with van der Waals surface area (Å²) in [5.74, 6) is 5.03. The van der Waals surface area contributed by atoms with E-state index in [-0.39, 0.29) is 6.10 Å². The first-order valence-electron chi connectivity index (χ1n) is 9.12. The van der Waals surface area contributed by atoms with Gasteiger partial charge in [-0.15, -0.1) is 0 Å². The molecule has 2 fully saturated rings. The number of aryl methyl sites for hydroxylation is 1. The Balaban J connectivity index is 1.61. The molecule has 2 aliphatic rings. The lowest BCUT2D eigenvalue weighted by Gasteiger charge is -2.40. The number of hydrazone groups is 1. The highest BCUT2D eigenvalue weighted by molar-refractivity contribution is 6.38. The molecule has 1 aromatic carbocycles. The van der Waals surface area contributed by atoms with E-state index in [2.05, 4.69) is 10.1 Å². The lowest BCUT2D eigenvalue weighted by molar-refractivity contribution is 0.0226. The molecule has 0 radical (unpaired) electrons. The van der Waals surface area contributed by atoms with Crippen LogP contribution in [0.3, 0.4) is 0 Å². The molecule has 3 rings (SSSR count). The fraction of sp³-hybridized carbons (Fsp3) is 0.579. The van der Waals surface area contributed by atoms with Crippen LogP contribution in [0.5, 0.6) is 0 Å². The van der Waals surface area contributed by atoms with Crippen molar-refractivity contribution in [2.75, 3.05) is 31.1 Å². The lowest BCUT2D eigenvalue weighted by atomic mass is 9.97. The van der Waals surface area contributed by atoms with E-state index in [1.54, 1.807) is 6.21 Å². The average Bonchev–Trinajstić information content (AvgIpc) is 2.59. The van der Waals surface area contributed by atoms with Gasteiger partial charge in [-0.05, 0) is 43.9 Å². The molecule has 142 valence electrons. The van der Waals surface area contributed by atoms with E-state index in [1.807, 2.05) is 30.0 Å². The van der Waals surface area contributed by atoms with E-state index in [9.17, 15) is 8.78 Å². The van der Waals surface area contributed by atoms with Crippen molar-refractivity contribution < 1.29 is 13.5 Å². The Morgan fingerprint density at radius 3 is 2.81 bits per heavy atom. The summed E-state index contributed by atoms with van der Waals surface area (Å²) < 4.78 is 30.9. The van der Waals surface area contributed by atoms with Gasteiger partial charge in [0.25, 0.3) is 0 Å². The van der Waals surface area contributed by atoms with E-state index < -0.39 is 12.3 Å². The summed E-state index contributed by atoms with van der Waals surface area (Å²) in [5, 5.41) is 3.86. The fourth-order valence-electron chi connectivity index (χ4n) is 3.40. The molecule has 0 amide bonds. The van der Waals surface area contributed by atoms with Crippen LogP contribution >= 0.6 is 0 Å². The molecule has 0 aromatic heterocycles. The Morgan fingerprint density at radius 1 is 1.38 bits per heavy atom. The number of alkyl halides is 2. The molecule has 7 heteroatoms. The third-order valence-corrected chi connectivity index (χ3v) is 5.05. The Hall–Kier alpha value is -2.02. The Labute approximate surface area is 152 Å². The molecule has 1 unspecified atom stereocenters. The summed E-state index contributed by atoms with van der Waals surface area (Å²) in [6.07, 6.45) is 2.97. The van der Waals surface area contributed by atoms with Crippen molar-refractivity contribution in [1.82, 2.24) is 0 Å². The predicted octanol–water partition coefficient (Wildman–Crippen LogP) is 3.00. The minimum Gasteiger partial charge on any atom is -0.376 e.